The standard InChI is InChI=1S/C20H28N4OS2/c1-13-6-3-4-8-17(13)21-19(25)14(2)27-20-23-22-18(24(20)15-9-10-15)12-16-7-5-11-26-16/h5,7,11,13-15,17H,3-4,6,8-10,12H2,1-2H3,(H,21,25). The van der Waals surface area contributed by atoms with Gasteiger partial charge in [0.2, 0.25) is 5.91 Å². The highest BCUT2D eigenvalue weighted by atomic mass is 32.2. The Hall–Kier alpha value is -1.34. The molecule has 1 N–H and O–H groups in total. The van der Waals surface area contributed by atoms with Gasteiger partial charge in [0.25, 0.3) is 0 Å². The first kappa shape index (κ1) is 19.0. The van der Waals surface area contributed by atoms with E-state index in [1.807, 2.05) is 6.92 Å². The number of nitrogens with zero attached hydrogens (tertiary/aromatic N) is 3. The second-order valence-corrected chi connectivity index (χ2v) is 10.2. The van der Waals surface area contributed by atoms with Gasteiger partial charge in [-0.15, -0.1) is 21.5 Å². The van der Waals surface area contributed by atoms with Crippen LogP contribution in [0.4, 0.5) is 0 Å². The number of thioether (sulfide) groups is 1. The van der Waals surface area contributed by atoms with Crippen molar-refractivity contribution in [1.82, 2.24) is 20.1 Å². The molecule has 2 aliphatic rings. The van der Waals surface area contributed by atoms with Crippen LogP contribution in [0.3, 0.4) is 0 Å². The molecule has 2 aromatic heterocycles. The van der Waals surface area contributed by atoms with E-state index >= 15 is 0 Å². The maximum absolute atomic E-state index is 12.7. The van der Waals surface area contributed by atoms with Gasteiger partial charge in [-0.3, -0.25) is 4.79 Å². The fourth-order valence-electron chi connectivity index (χ4n) is 3.82. The molecule has 4 rings (SSSR count). The average Bonchev–Trinajstić information content (AvgIpc) is 3.21. The Morgan fingerprint density at radius 3 is 2.85 bits per heavy atom. The van der Waals surface area contributed by atoms with Crippen molar-refractivity contribution in [3.8, 4) is 0 Å². The van der Waals surface area contributed by atoms with E-state index < -0.39 is 0 Å². The third-order valence-corrected chi connectivity index (χ3v) is 7.58. The number of aromatic nitrogens is 3. The Labute approximate surface area is 169 Å². The number of carbonyl (C=O) groups excluding carboxylic acids is 1. The van der Waals surface area contributed by atoms with Crippen molar-refractivity contribution in [1.29, 1.82) is 0 Å². The molecule has 146 valence electrons. The second-order valence-electron chi connectivity index (χ2n) is 7.89. The van der Waals surface area contributed by atoms with Crippen molar-refractivity contribution in [2.24, 2.45) is 5.92 Å². The number of amides is 1. The summed E-state index contributed by atoms with van der Waals surface area (Å²) in [7, 11) is 0. The fraction of sp³-hybridized carbons (Fsp3) is 0.650. The quantitative estimate of drug-likeness (QED) is 0.693. The Morgan fingerprint density at radius 1 is 1.33 bits per heavy atom. The van der Waals surface area contributed by atoms with Crippen LogP contribution >= 0.6 is 23.1 Å². The van der Waals surface area contributed by atoms with Crippen LogP contribution < -0.4 is 5.32 Å². The third-order valence-electron chi connectivity index (χ3n) is 5.65. The first-order valence-corrected chi connectivity index (χ1v) is 11.8. The van der Waals surface area contributed by atoms with Crippen molar-refractivity contribution < 1.29 is 4.79 Å². The first-order valence-electron chi connectivity index (χ1n) is 10.0. The minimum absolute atomic E-state index is 0.129. The molecule has 2 heterocycles. The number of carbonyl (C=O) groups is 1. The highest BCUT2D eigenvalue weighted by Gasteiger charge is 2.32. The number of rotatable bonds is 7. The van der Waals surface area contributed by atoms with Gasteiger partial charge in [-0.2, -0.15) is 0 Å². The Morgan fingerprint density at radius 2 is 2.15 bits per heavy atom. The minimum atomic E-state index is -0.157. The van der Waals surface area contributed by atoms with E-state index in [0.29, 0.717) is 18.0 Å². The number of hydrogen-bond acceptors (Lipinski definition) is 5. The van der Waals surface area contributed by atoms with Crippen molar-refractivity contribution in [3.63, 3.8) is 0 Å². The second kappa shape index (κ2) is 8.35. The van der Waals surface area contributed by atoms with E-state index in [1.165, 1.54) is 37.0 Å². The molecular weight excluding hydrogens is 376 g/mol. The van der Waals surface area contributed by atoms with Gasteiger partial charge in [0.05, 0.1) is 5.25 Å². The van der Waals surface area contributed by atoms with Crippen molar-refractivity contribution >= 4 is 29.0 Å². The monoisotopic (exact) mass is 404 g/mol. The molecule has 2 saturated carbocycles. The molecule has 3 atom stereocenters. The molecule has 7 heteroatoms. The Balaban J connectivity index is 1.42. The summed E-state index contributed by atoms with van der Waals surface area (Å²) in [5.41, 5.74) is 0. The lowest BCUT2D eigenvalue weighted by molar-refractivity contribution is -0.121. The zero-order valence-corrected chi connectivity index (χ0v) is 17.7. The van der Waals surface area contributed by atoms with Crippen LogP contribution in [-0.2, 0) is 11.2 Å². The van der Waals surface area contributed by atoms with Crippen molar-refractivity contribution in [2.75, 3.05) is 0 Å². The molecule has 1 amide bonds. The van der Waals surface area contributed by atoms with E-state index in [4.69, 9.17) is 0 Å². The first-order chi connectivity index (χ1) is 13.1. The fourth-order valence-corrected chi connectivity index (χ4v) is 5.47. The van der Waals surface area contributed by atoms with Gasteiger partial charge < -0.3 is 9.88 Å². The molecule has 2 aliphatic carbocycles. The lowest BCUT2D eigenvalue weighted by Gasteiger charge is -2.30. The maximum atomic E-state index is 12.7. The molecule has 0 saturated heterocycles. The predicted octanol–water partition coefficient (Wildman–Crippen LogP) is 4.44. The van der Waals surface area contributed by atoms with Gasteiger partial charge in [0.15, 0.2) is 5.16 Å². The van der Waals surface area contributed by atoms with Gasteiger partial charge >= 0.3 is 0 Å². The highest BCUT2D eigenvalue weighted by molar-refractivity contribution is 8.00. The average molecular weight is 405 g/mol. The lowest BCUT2D eigenvalue weighted by atomic mass is 9.86. The van der Waals surface area contributed by atoms with Gasteiger partial charge in [0.1, 0.15) is 5.82 Å². The minimum Gasteiger partial charge on any atom is -0.352 e. The molecule has 2 aromatic rings. The summed E-state index contributed by atoms with van der Waals surface area (Å²) in [6, 6.07) is 5.05. The molecule has 0 bridgehead atoms. The summed E-state index contributed by atoms with van der Waals surface area (Å²) in [5, 5.41) is 15.0. The van der Waals surface area contributed by atoms with E-state index in [1.54, 1.807) is 23.1 Å². The molecule has 5 nitrogen and oxygen atoms in total. The van der Waals surface area contributed by atoms with Crippen LogP contribution in [-0.4, -0.2) is 32.0 Å². The molecule has 2 fully saturated rings. The Bertz CT molecular complexity index is 769. The topological polar surface area (TPSA) is 59.8 Å². The van der Waals surface area contributed by atoms with Gasteiger partial charge in [-0.05, 0) is 50.0 Å². The molecule has 3 unspecified atom stereocenters. The van der Waals surface area contributed by atoms with Gasteiger partial charge in [0, 0.05) is 23.4 Å². The van der Waals surface area contributed by atoms with Crippen LogP contribution in [0.5, 0.6) is 0 Å². The molecule has 0 aromatic carbocycles. The summed E-state index contributed by atoms with van der Waals surface area (Å²) in [6.07, 6.45) is 8.02. The third kappa shape index (κ3) is 4.57. The molecule has 0 aliphatic heterocycles. The van der Waals surface area contributed by atoms with Crippen LogP contribution in [0, 0.1) is 5.92 Å². The number of hydrogen-bond donors (Lipinski definition) is 1. The van der Waals surface area contributed by atoms with Crippen LogP contribution in [0.15, 0.2) is 22.7 Å². The highest BCUT2D eigenvalue weighted by Crippen LogP contribution is 2.40. The SMILES string of the molecule is CC(Sc1nnc(Cc2cccs2)n1C1CC1)C(=O)NC1CCCCC1C. The van der Waals surface area contributed by atoms with Crippen molar-refractivity contribution in [2.45, 2.75) is 81.3 Å². The van der Waals surface area contributed by atoms with Gasteiger partial charge in [-0.25, -0.2) is 0 Å². The summed E-state index contributed by atoms with van der Waals surface area (Å²) < 4.78 is 2.28. The van der Waals surface area contributed by atoms with Crippen molar-refractivity contribution in [3.05, 3.63) is 28.2 Å². The normalized spacial score (nSPS) is 23.9. The summed E-state index contributed by atoms with van der Waals surface area (Å²) in [5.74, 6) is 1.73. The van der Waals surface area contributed by atoms with Crippen LogP contribution in [0.1, 0.15) is 69.1 Å². The molecule has 0 radical (unpaired) electrons. The number of nitrogens with one attached hydrogen (secondary N) is 1. The predicted molar refractivity (Wildman–Crippen MR) is 110 cm³/mol. The van der Waals surface area contributed by atoms with E-state index in [0.717, 1.165) is 23.8 Å². The summed E-state index contributed by atoms with van der Waals surface area (Å²) in [4.78, 5) is 14.0. The number of thiophene rings is 1. The zero-order valence-electron chi connectivity index (χ0n) is 16.1. The summed E-state index contributed by atoms with van der Waals surface area (Å²) in [6.45, 7) is 4.24. The van der Waals surface area contributed by atoms with Crippen LogP contribution in [0.25, 0.3) is 0 Å². The largest absolute Gasteiger partial charge is 0.352 e. The molecule has 0 spiro atoms. The molecule has 27 heavy (non-hydrogen) atoms. The lowest BCUT2D eigenvalue weighted by Crippen LogP contribution is -2.44. The smallest absolute Gasteiger partial charge is 0.233 e. The van der Waals surface area contributed by atoms with E-state index in [2.05, 4.69) is 44.5 Å². The van der Waals surface area contributed by atoms with E-state index in [-0.39, 0.29) is 11.2 Å². The Kier molecular flexibility index (Phi) is 5.88. The zero-order chi connectivity index (χ0) is 18.8. The van der Waals surface area contributed by atoms with E-state index in [9.17, 15) is 4.79 Å². The van der Waals surface area contributed by atoms with Gasteiger partial charge in [-0.1, -0.05) is 37.6 Å². The van der Waals surface area contributed by atoms with Crippen LogP contribution in [0.2, 0.25) is 0 Å². The maximum Gasteiger partial charge on any atom is 0.233 e. The summed E-state index contributed by atoms with van der Waals surface area (Å²) >= 11 is 3.30. The molecular formula is C20H28N4OS2.